The van der Waals surface area contributed by atoms with Crippen molar-refractivity contribution in [2.75, 3.05) is 118 Å². The second-order valence-electron chi connectivity index (χ2n) is 41.3. The smallest absolute Gasteiger partial charge is 0.320 e. The molecule has 11 fully saturated rings. The number of carbonyl (C=O) groups excluding carboxylic acids is 11. The predicted molar refractivity (Wildman–Crippen MR) is 521 cm³/mol. The molecule has 0 N–H and O–H groups in total. The third kappa shape index (κ3) is 28.9. The molecule has 10 heterocycles. The second kappa shape index (κ2) is 49.3. The molecule has 2 amide bonds. The van der Waals surface area contributed by atoms with E-state index in [0.717, 1.165) is 112 Å². The van der Waals surface area contributed by atoms with Crippen molar-refractivity contribution in [3.63, 3.8) is 0 Å². The van der Waals surface area contributed by atoms with E-state index in [1.807, 2.05) is 53.4 Å². The van der Waals surface area contributed by atoms with Crippen molar-refractivity contribution in [3.8, 4) is 11.5 Å². The molecule has 724 valence electrons. The van der Waals surface area contributed by atoms with Crippen LogP contribution in [0.4, 0.5) is 4.79 Å². The van der Waals surface area contributed by atoms with Gasteiger partial charge >= 0.3 is 6.03 Å². The first kappa shape index (κ1) is 108. The monoisotopic (exact) mass is 1820 g/mol. The average molecular weight is 1820 g/mol. The SMILES string of the molecule is CC(=O)CN(C)C1Cc2ccccc2C1.CC(=O)[C@@H]1C2CCC(CC2)N1C.CC(=O)[C@@H]1CC2(CCCC2)CN1C.CC(=O)[C@@H]1CC2CCCC2N1C.CC(=O)[C@@H]1CC2CCCCC2N1C.CC(=O)[C@@H]1CCCN1C.CC(=O)[C@@H]1CN(C)C(=O)N1C.CC(=O)[C@@H]1Cc2ccccc2CN1C.CC(=O)[C@@H]1SC(C(C)(C)C)=NN1C.COc1cc2c(cc1OC)CN(C)[C@H](C(C)=O)C2. The van der Waals surface area contributed by atoms with Crippen LogP contribution in [0.1, 0.15) is 252 Å². The van der Waals surface area contributed by atoms with Crippen molar-refractivity contribution in [3.05, 3.63) is 94.0 Å². The van der Waals surface area contributed by atoms with Crippen molar-refractivity contribution in [2.45, 2.75) is 335 Å². The Labute approximate surface area is 784 Å². The number of amides is 2. The number of Topliss-reactive ketones (excluding diaryl/α,β-unsaturated/α-hetero) is 10. The second-order valence-corrected chi connectivity index (χ2v) is 42.4. The Hall–Kier alpha value is -7.27. The minimum atomic E-state index is -0.243. The summed E-state index contributed by atoms with van der Waals surface area (Å²) in [6.07, 6.45) is 29.4. The lowest BCUT2D eigenvalue weighted by Crippen LogP contribution is -2.55. The fraction of sp³-hybridized carbons (Fsp3) is 0.712. The van der Waals surface area contributed by atoms with E-state index >= 15 is 0 Å². The van der Waals surface area contributed by atoms with Crippen molar-refractivity contribution in [1.29, 1.82) is 0 Å². The maximum Gasteiger partial charge on any atom is 0.320 e. The first-order valence-electron chi connectivity index (χ1n) is 48.3. The number of thioether (sulfide) groups is 1. The van der Waals surface area contributed by atoms with Crippen LogP contribution >= 0.6 is 11.8 Å². The van der Waals surface area contributed by atoms with Crippen LogP contribution in [0, 0.1) is 28.6 Å². The number of rotatable bonds is 14. The zero-order valence-electron chi connectivity index (χ0n) is 84.3. The molecule has 3 aromatic rings. The summed E-state index contributed by atoms with van der Waals surface area (Å²) in [6, 6.07) is 24.4. The van der Waals surface area contributed by atoms with E-state index in [-0.39, 0.29) is 94.1 Å². The molecule has 5 aliphatic carbocycles. The van der Waals surface area contributed by atoms with Gasteiger partial charge in [-0.1, -0.05) is 113 Å². The minimum Gasteiger partial charge on any atom is -0.493 e. The van der Waals surface area contributed by atoms with Crippen LogP contribution in [0.25, 0.3) is 0 Å². The van der Waals surface area contributed by atoms with E-state index < -0.39 is 0 Å². The predicted octanol–water partition coefficient (Wildman–Crippen LogP) is 14.1. The van der Waals surface area contributed by atoms with Gasteiger partial charge < -0.3 is 19.3 Å². The normalized spacial score (nSPS) is 28.2. The highest BCUT2D eigenvalue weighted by Gasteiger charge is 2.48. The highest BCUT2D eigenvalue weighted by atomic mass is 32.2. The van der Waals surface area contributed by atoms with Gasteiger partial charge in [-0.25, -0.2) is 4.79 Å². The minimum absolute atomic E-state index is 0.0319. The number of ketones is 10. The number of carbonyl (C=O) groups is 11. The quantitative estimate of drug-likeness (QED) is 0.145. The zero-order chi connectivity index (χ0) is 96.2. The maximum absolute atomic E-state index is 11.6. The zero-order valence-corrected chi connectivity index (χ0v) is 85.1. The number of ether oxygens (including phenoxy) is 2. The van der Waals surface area contributed by atoms with Crippen molar-refractivity contribution in [1.82, 2.24) is 54.0 Å². The molecule has 0 radical (unpaired) electrons. The van der Waals surface area contributed by atoms with Crippen molar-refractivity contribution >= 4 is 80.7 Å². The Balaban J connectivity index is 0.000000179. The van der Waals surface area contributed by atoms with Gasteiger partial charge in [0.25, 0.3) is 0 Å². The molecule has 10 aliphatic heterocycles. The molecule has 130 heavy (non-hydrogen) atoms. The largest absolute Gasteiger partial charge is 0.493 e. The van der Waals surface area contributed by atoms with E-state index in [1.54, 1.807) is 112 Å². The number of piperidine rings is 2. The van der Waals surface area contributed by atoms with Crippen LogP contribution in [0.15, 0.2) is 65.8 Å². The molecule has 18 rings (SSSR count). The highest BCUT2D eigenvalue weighted by Crippen LogP contribution is 2.48. The third-order valence-electron chi connectivity index (χ3n) is 30.4. The number of nitrogens with zero attached hydrogens (tertiary/aromatic N) is 12. The Morgan fingerprint density at radius 1 is 0.462 bits per heavy atom. The molecule has 3 aromatic carbocycles. The Kier molecular flexibility index (Phi) is 41.0. The van der Waals surface area contributed by atoms with Gasteiger partial charge in [-0.15, -0.1) is 0 Å². The maximum atomic E-state index is 11.6. The lowest BCUT2D eigenvalue weighted by molar-refractivity contribution is -0.129. The van der Waals surface area contributed by atoms with E-state index in [4.69, 9.17) is 9.47 Å². The molecule has 2 bridgehead atoms. The molecule has 25 nitrogen and oxygen atoms in total. The molecular weight excluding hydrogens is 1660 g/mol. The third-order valence-corrected chi connectivity index (χ3v) is 32.2. The molecule has 26 heteroatoms. The molecule has 4 saturated carbocycles. The molecule has 15 aliphatic rings. The topological polar surface area (TPSA) is 254 Å². The number of likely N-dealkylation sites (N-methyl/N-ethyl adjacent to an activating group) is 11. The molecule has 13 atom stereocenters. The van der Waals surface area contributed by atoms with E-state index in [0.29, 0.717) is 71.5 Å². The highest BCUT2D eigenvalue weighted by molar-refractivity contribution is 8.15. The molecule has 1 spiro atoms. The summed E-state index contributed by atoms with van der Waals surface area (Å²) in [5, 5.41) is 7.02. The van der Waals surface area contributed by atoms with Crippen LogP contribution in [0.2, 0.25) is 0 Å². The molecule has 7 saturated heterocycles. The van der Waals surface area contributed by atoms with Crippen molar-refractivity contribution in [2.24, 2.45) is 33.7 Å². The number of urea groups is 1. The van der Waals surface area contributed by atoms with E-state index in [2.05, 4.69) is 136 Å². The van der Waals surface area contributed by atoms with Crippen molar-refractivity contribution < 1.29 is 62.2 Å². The summed E-state index contributed by atoms with van der Waals surface area (Å²) >= 11 is 1.56. The summed E-state index contributed by atoms with van der Waals surface area (Å²) < 4.78 is 10.6. The van der Waals surface area contributed by atoms with Gasteiger partial charge in [0, 0.05) is 76.9 Å². The first-order chi connectivity index (χ1) is 61.2. The van der Waals surface area contributed by atoms with Crippen LogP contribution in [0.3, 0.4) is 0 Å². The fourth-order valence-electron chi connectivity index (χ4n) is 23.0. The van der Waals surface area contributed by atoms with Crippen LogP contribution in [-0.4, -0.2) is 319 Å². The summed E-state index contributed by atoms with van der Waals surface area (Å²) in [4.78, 5) is 144. The summed E-state index contributed by atoms with van der Waals surface area (Å²) in [7, 11) is 24.9. The van der Waals surface area contributed by atoms with Gasteiger partial charge in [0.15, 0.2) is 28.4 Å². The van der Waals surface area contributed by atoms with E-state index in [9.17, 15) is 52.7 Å². The number of hydrogen-bond donors (Lipinski definition) is 0. The number of methoxy groups -OCH3 is 2. The lowest BCUT2D eigenvalue weighted by atomic mass is 9.74. The van der Waals surface area contributed by atoms with Crippen LogP contribution in [-0.2, 0) is 86.7 Å². The van der Waals surface area contributed by atoms with Gasteiger partial charge in [-0.2, -0.15) is 5.10 Å². The van der Waals surface area contributed by atoms with Gasteiger partial charge in [0.05, 0.1) is 63.1 Å². The van der Waals surface area contributed by atoms with Gasteiger partial charge in [-0.05, 0) is 323 Å². The van der Waals surface area contributed by atoms with Crippen LogP contribution < -0.4 is 9.47 Å². The molecule has 4 unspecified atom stereocenters. The summed E-state index contributed by atoms with van der Waals surface area (Å²) in [6.45, 7) is 28.0. The molecular formula is C104H164N12O13S. The van der Waals surface area contributed by atoms with Gasteiger partial charge in [0.2, 0.25) is 0 Å². The summed E-state index contributed by atoms with van der Waals surface area (Å²) in [5.74, 6) is 6.44. The Morgan fingerprint density at radius 2 is 0.915 bits per heavy atom. The Morgan fingerprint density at radius 3 is 1.29 bits per heavy atom. The number of hydrogen-bond acceptors (Lipinski definition) is 24. The standard InChI is InChI=1S/C14H19NO3.C13H17NO.C12H15NO.2C11H19NO.2C10H17NO.C9H16N2OS.C7H12N2O2.C7H13NO/c1-9(16)12-5-10-6-13(17-3)14(18-4)7-11(10)8-15(12)2;1-10(15)9-14(2)13-7-11-5-3-4-6-12(11)8-13;1-9(14)12-7-10-5-3-4-6-11(10)8-13(12)2;1-9(13)10-7-11(8-12(10)2)5-3-4-6-11;1-8(13)11-7-9-5-3-4-6-10(9)12(11)2;1-7(12)10-8-3-5-9(6-4-8)11(10)2;1-7(12)10-6-8-4-3-5-9(8)11(10)2;1-6(12)7-11(5)10-8(13-7)9(2,3)4;1-5(10)6-4-8(2)7(11)9(6)3;1-6(9)7-4-3-5-8(7)2/h6-7,12H,5,8H2,1-4H3;3-6,13H,7-9H2,1-2H3;3-6,12H,7-8H2,1-2H3;10H,3-8H2,1-2H3;9-11H,3-7H2,1-2H3;2*8-10H,3-6H2,1-2H3;7H,1-5H3;6H,4H2,1-3H3;7H,3-5H2,1-2H3/t12-;;12-;10-;9?,10?,11-;2*8?,9?,10-;7-;6-;7-/m0.00010000/s1. The number of hydrazone groups is 1. The summed E-state index contributed by atoms with van der Waals surface area (Å²) in [5.41, 5.74) is 8.50. The van der Waals surface area contributed by atoms with E-state index in [1.165, 1.54) is 148 Å². The Bertz CT molecular complexity index is 4340. The van der Waals surface area contributed by atoms with Gasteiger partial charge in [0.1, 0.15) is 57.4 Å². The number of likely N-dealkylation sites (tertiary alicyclic amines) is 4. The molecule has 0 aromatic heterocycles. The first-order valence-corrected chi connectivity index (χ1v) is 49.1. The average Bonchev–Trinajstić information content (AvgIpc) is 1.53. The number of benzene rings is 3. The number of fused-ring (bicyclic) bond motifs is 8. The fourth-order valence-corrected chi connectivity index (χ4v) is 24.1. The van der Waals surface area contributed by atoms with Gasteiger partial charge in [-0.3, -0.25) is 92.2 Å². The van der Waals surface area contributed by atoms with Crippen LogP contribution in [0.5, 0.6) is 11.5 Å². The lowest BCUT2D eigenvalue weighted by Gasteiger charge is -2.48.